The Balaban J connectivity index is 1.60. The van der Waals surface area contributed by atoms with Gasteiger partial charge in [0.05, 0.1) is 11.9 Å². The van der Waals surface area contributed by atoms with Crippen LogP contribution in [0.2, 0.25) is 5.02 Å². The van der Waals surface area contributed by atoms with E-state index in [1.54, 1.807) is 42.3 Å². The molecule has 9 heteroatoms. The van der Waals surface area contributed by atoms with Crippen LogP contribution in [0.15, 0.2) is 42.5 Å². The van der Waals surface area contributed by atoms with Gasteiger partial charge in [-0.3, -0.25) is 9.10 Å². The molecule has 0 saturated carbocycles. The van der Waals surface area contributed by atoms with Crippen LogP contribution in [-0.2, 0) is 21.4 Å². The van der Waals surface area contributed by atoms with Crippen molar-refractivity contribution in [3.8, 4) is 11.5 Å². The number of carbonyl (C=O) groups excluding carboxylic acids is 1. The first-order chi connectivity index (χ1) is 14.2. The van der Waals surface area contributed by atoms with Crippen molar-refractivity contribution in [2.75, 3.05) is 37.4 Å². The topological polar surface area (TPSA) is 76.2 Å². The van der Waals surface area contributed by atoms with E-state index in [1.807, 2.05) is 12.1 Å². The molecule has 0 fully saturated rings. The number of fused-ring (bicyclic) bond motifs is 1. The molecule has 0 bridgehead atoms. The largest absolute Gasteiger partial charge is 0.486 e. The van der Waals surface area contributed by atoms with E-state index in [4.69, 9.17) is 21.1 Å². The Labute approximate surface area is 182 Å². The van der Waals surface area contributed by atoms with Crippen molar-refractivity contribution in [1.29, 1.82) is 0 Å². The van der Waals surface area contributed by atoms with Gasteiger partial charge in [0.2, 0.25) is 15.9 Å². The predicted octanol–water partition coefficient (Wildman–Crippen LogP) is 3.32. The van der Waals surface area contributed by atoms with Crippen LogP contribution in [0.1, 0.15) is 18.4 Å². The van der Waals surface area contributed by atoms with E-state index in [0.29, 0.717) is 48.4 Å². The van der Waals surface area contributed by atoms with Gasteiger partial charge < -0.3 is 14.4 Å². The molecule has 0 saturated heterocycles. The fourth-order valence-electron chi connectivity index (χ4n) is 3.19. The first kappa shape index (κ1) is 22.2. The van der Waals surface area contributed by atoms with Crippen LogP contribution in [-0.4, -0.2) is 52.3 Å². The van der Waals surface area contributed by atoms with E-state index in [1.165, 1.54) is 4.31 Å². The smallest absolute Gasteiger partial charge is 0.232 e. The van der Waals surface area contributed by atoms with Crippen LogP contribution in [0.5, 0.6) is 11.5 Å². The molecule has 0 atom stereocenters. The minimum absolute atomic E-state index is 0.0550. The number of benzene rings is 2. The summed E-state index contributed by atoms with van der Waals surface area (Å²) in [5.74, 6) is 1.06. The number of nitrogens with zero attached hydrogens (tertiary/aromatic N) is 2. The Morgan fingerprint density at radius 1 is 1.07 bits per heavy atom. The van der Waals surface area contributed by atoms with Gasteiger partial charge in [-0.2, -0.15) is 0 Å². The standard InChI is InChI=1S/C21H25ClN2O5S/c1-23(15-16-5-7-17(22)8-6-16)21(25)4-3-11-24(30(2,26)27)18-9-10-19-20(14-18)29-13-12-28-19/h5-10,14H,3-4,11-13,15H2,1-2H3. The van der Waals surface area contributed by atoms with Gasteiger partial charge in [-0.1, -0.05) is 23.7 Å². The highest BCUT2D eigenvalue weighted by atomic mass is 35.5. The van der Waals surface area contributed by atoms with Gasteiger partial charge in [0.25, 0.3) is 0 Å². The number of ether oxygens (including phenoxy) is 2. The SMILES string of the molecule is CN(Cc1ccc(Cl)cc1)C(=O)CCCN(c1ccc2c(c1)OCCO2)S(C)(=O)=O. The number of rotatable bonds is 8. The molecule has 2 aromatic carbocycles. The number of halogens is 1. The average molecular weight is 453 g/mol. The Morgan fingerprint density at radius 2 is 1.73 bits per heavy atom. The van der Waals surface area contributed by atoms with E-state index < -0.39 is 10.0 Å². The van der Waals surface area contributed by atoms with Gasteiger partial charge in [0, 0.05) is 37.6 Å². The number of carbonyl (C=O) groups is 1. The second-order valence-corrected chi connectivity index (χ2v) is 9.49. The quantitative estimate of drug-likeness (QED) is 0.614. The molecule has 0 spiro atoms. The lowest BCUT2D eigenvalue weighted by Gasteiger charge is -2.25. The number of hydrogen-bond acceptors (Lipinski definition) is 5. The van der Waals surface area contributed by atoms with Crippen molar-refractivity contribution in [2.24, 2.45) is 0 Å². The van der Waals surface area contributed by atoms with E-state index in [9.17, 15) is 13.2 Å². The first-order valence-electron chi connectivity index (χ1n) is 9.60. The molecule has 0 aromatic heterocycles. The van der Waals surface area contributed by atoms with Crippen LogP contribution in [0.3, 0.4) is 0 Å². The number of anilines is 1. The second kappa shape index (κ2) is 9.57. The molecule has 0 aliphatic carbocycles. The predicted molar refractivity (Wildman–Crippen MR) is 117 cm³/mol. The van der Waals surface area contributed by atoms with Gasteiger partial charge in [-0.05, 0) is 36.2 Å². The van der Waals surface area contributed by atoms with Crippen molar-refractivity contribution in [3.05, 3.63) is 53.1 Å². The summed E-state index contributed by atoms with van der Waals surface area (Å²) in [6.45, 7) is 1.55. The summed E-state index contributed by atoms with van der Waals surface area (Å²) in [5.41, 5.74) is 1.47. The van der Waals surface area contributed by atoms with Crippen LogP contribution < -0.4 is 13.8 Å². The summed E-state index contributed by atoms with van der Waals surface area (Å²) in [4.78, 5) is 14.1. The summed E-state index contributed by atoms with van der Waals surface area (Å²) < 4.78 is 37.0. The third-order valence-electron chi connectivity index (χ3n) is 4.72. The first-order valence-corrected chi connectivity index (χ1v) is 11.8. The number of hydrogen-bond donors (Lipinski definition) is 0. The summed E-state index contributed by atoms with van der Waals surface area (Å²) in [6.07, 6.45) is 1.78. The third kappa shape index (κ3) is 5.79. The van der Waals surface area contributed by atoms with E-state index in [-0.39, 0.29) is 18.9 Å². The normalized spacial score (nSPS) is 13.0. The molecule has 1 amide bonds. The Bertz CT molecular complexity index is 995. The maximum absolute atomic E-state index is 12.5. The number of sulfonamides is 1. The monoisotopic (exact) mass is 452 g/mol. The third-order valence-corrected chi connectivity index (χ3v) is 6.17. The van der Waals surface area contributed by atoms with Crippen molar-refractivity contribution < 1.29 is 22.7 Å². The number of amides is 1. The average Bonchev–Trinajstić information content (AvgIpc) is 2.71. The zero-order valence-corrected chi connectivity index (χ0v) is 18.6. The molecule has 0 N–H and O–H groups in total. The highest BCUT2D eigenvalue weighted by molar-refractivity contribution is 7.92. The van der Waals surface area contributed by atoms with Gasteiger partial charge >= 0.3 is 0 Å². The van der Waals surface area contributed by atoms with E-state index in [2.05, 4.69) is 0 Å². The fraction of sp³-hybridized carbons (Fsp3) is 0.381. The van der Waals surface area contributed by atoms with Gasteiger partial charge in [0.15, 0.2) is 11.5 Å². The highest BCUT2D eigenvalue weighted by Crippen LogP contribution is 2.34. The van der Waals surface area contributed by atoms with Crippen LogP contribution in [0.25, 0.3) is 0 Å². The van der Waals surface area contributed by atoms with Crippen molar-refractivity contribution in [2.45, 2.75) is 19.4 Å². The van der Waals surface area contributed by atoms with Gasteiger partial charge in [-0.15, -0.1) is 0 Å². The zero-order chi connectivity index (χ0) is 21.7. The summed E-state index contributed by atoms with van der Waals surface area (Å²) >= 11 is 5.89. The molecule has 30 heavy (non-hydrogen) atoms. The van der Waals surface area contributed by atoms with Crippen LogP contribution in [0.4, 0.5) is 5.69 Å². The molecular weight excluding hydrogens is 428 g/mol. The maximum Gasteiger partial charge on any atom is 0.232 e. The van der Waals surface area contributed by atoms with E-state index in [0.717, 1.165) is 11.8 Å². The Hall–Kier alpha value is -2.45. The molecule has 162 valence electrons. The molecule has 1 aliphatic rings. The lowest BCUT2D eigenvalue weighted by atomic mass is 10.2. The van der Waals surface area contributed by atoms with Crippen LogP contribution >= 0.6 is 11.6 Å². The Kier molecular flexibility index (Phi) is 7.10. The minimum atomic E-state index is -3.52. The van der Waals surface area contributed by atoms with Crippen molar-refractivity contribution >= 4 is 33.2 Å². The molecule has 2 aromatic rings. The van der Waals surface area contributed by atoms with Crippen molar-refractivity contribution in [3.63, 3.8) is 0 Å². The lowest BCUT2D eigenvalue weighted by Crippen LogP contribution is -2.32. The molecular formula is C21H25ClN2O5S. The Morgan fingerprint density at radius 3 is 2.40 bits per heavy atom. The molecule has 0 unspecified atom stereocenters. The molecule has 1 aliphatic heterocycles. The molecule has 3 rings (SSSR count). The van der Waals surface area contributed by atoms with Gasteiger partial charge in [0.1, 0.15) is 13.2 Å². The molecule has 0 radical (unpaired) electrons. The molecule has 1 heterocycles. The van der Waals surface area contributed by atoms with Gasteiger partial charge in [-0.25, -0.2) is 8.42 Å². The summed E-state index contributed by atoms with van der Waals surface area (Å²) in [7, 11) is -1.79. The highest BCUT2D eigenvalue weighted by Gasteiger charge is 2.21. The second-order valence-electron chi connectivity index (χ2n) is 7.14. The minimum Gasteiger partial charge on any atom is -0.486 e. The van der Waals surface area contributed by atoms with E-state index >= 15 is 0 Å². The maximum atomic E-state index is 12.5. The summed E-state index contributed by atoms with van der Waals surface area (Å²) in [6, 6.07) is 12.4. The van der Waals surface area contributed by atoms with Crippen LogP contribution in [0, 0.1) is 0 Å². The zero-order valence-electron chi connectivity index (χ0n) is 17.0. The fourth-order valence-corrected chi connectivity index (χ4v) is 4.27. The summed E-state index contributed by atoms with van der Waals surface area (Å²) in [5, 5.41) is 0.646. The van der Waals surface area contributed by atoms with Crippen molar-refractivity contribution in [1.82, 2.24) is 4.90 Å². The molecule has 7 nitrogen and oxygen atoms in total. The lowest BCUT2D eigenvalue weighted by molar-refractivity contribution is -0.130.